The van der Waals surface area contributed by atoms with Crippen LogP contribution in [0.4, 0.5) is 19.4 Å². The van der Waals surface area contributed by atoms with Crippen molar-refractivity contribution in [2.45, 2.75) is 6.61 Å². The van der Waals surface area contributed by atoms with Crippen molar-refractivity contribution in [2.75, 3.05) is 5.32 Å². The van der Waals surface area contributed by atoms with Crippen molar-refractivity contribution in [3.8, 4) is 11.8 Å². The number of para-hydroxylation sites is 1. The fourth-order valence-electron chi connectivity index (χ4n) is 1.95. The van der Waals surface area contributed by atoms with Gasteiger partial charge >= 0.3 is 12.1 Å². The van der Waals surface area contributed by atoms with Gasteiger partial charge in [0.1, 0.15) is 18.2 Å². The lowest BCUT2D eigenvalue weighted by Crippen LogP contribution is -2.19. The Morgan fingerprint density at radius 3 is 2.50 bits per heavy atom. The molecule has 0 fully saturated rings. The molecule has 8 heteroatoms. The monoisotopic (exact) mass is 357 g/mol. The van der Waals surface area contributed by atoms with Crippen molar-refractivity contribution in [2.24, 2.45) is 0 Å². The number of halogens is 2. The molecule has 6 nitrogen and oxygen atoms in total. The number of benzene rings is 2. The molecule has 3 rings (SSSR count). The van der Waals surface area contributed by atoms with Crippen molar-refractivity contribution in [1.82, 2.24) is 9.97 Å². The maximum Gasteiger partial charge on any atom is 0.418 e. The number of hydrogen-bond acceptors (Lipinski definition) is 5. The molecule has 1 N–H and O–H groups in total. The van der Waals surface area contributed by atoms with E-state index in [4.69, 9.17) is 9.47 Å². The van der Waals surface area contributed by atoms with Crippen LogP contribution >= 0.6 is 0 Å². The Kier molecular flexibility index (Phi) is 5.33. The normalized spacial score (nSPS) is 10.2. The van der Waals surface area contributed by atoms with Crippen LogP contribution in [0.15, 0.2) is 60.8 Å². The summed E-state index contributed by atoms with van der Waals surface area (Å²) in [5.41, 5.74) is 0.678. The van der Waals surface area contributed by atoms with E-state index in [1.54, 1.807) is 30.3 Å². The predicted molar refractivity (Wildman–Crippen MR) is 88.8 cm³/mol. The first kappa shape index (κ1) is 17.3. The lowest BCUT2D eigenvalue weighted by atomic mass is 10.2. The summed E-state index contributed by atoms with van der Waals surface area (Å²) in [7, 11) is 0. The molecule has 0 radical (unpaired) electrons. The van der Waals surface area contributed by atoms with Crippen LogP contribution in [0.5, 0.6) is 11.8 Å². The molecule has 2 aromatic carbocycles. The summed E-state index contributed by atoms with van der Waals surface area (Å²) in [6.07, 6.45) is -0.0382. The van der Waals surface area contributed by atoms with E-state index in [0.29, 0.717) is 11.3 Å². The lowest BCUT2D eigenvalue weighted by molar-refractivity contribution is 0.215. The fraction of sp³-hybridized carbons (Fsp3) is 0.0556. The third-order valence-corrected chi connectivity index (χ3v) is 3.18. The van der Waals surface area contributed by atoms with Gasteiger partial charge in [-0.3, -0.25) is 5.32 Å². The highest BCUT2D eigenvalue weighted by molar-refractivity contribution is 5.85. The largest absolute Gasteiger partial charge is 0.459 e. The topological polar surface area (TPSA) is 73.3 Å². The Bertz CT molecular complexity index is 890. The first-order valence-electron chi connectivity index (χ1n) is 7.54. The van der Waals surface area contributed by atoms with Crippen molar-refractivity contribution in [3.63, 3.8) is 0 Å². The van der Waals surface area contributed by atoms with E-state index in [-0.39, 0.29) is 24.3 Å². The van der Waals surface area contributed by atoms with Gasteiger partial charge < -0.3 is 9.47 Å². The molecule has 0 spiro atoms. The minimum absolute atomic E-state index is 0.0554. The molecular weight excluding hydrogens is 344 g/mol. The molecule has 0 saturated heterocycles. The Labute approximate surface area is 147 Å². The van der Waals surface area contributed by atoms with E-state index in [9.17, 15) is 13.6 Å². The summed E-state index contributed by atoms with van der Waals surface area (Å²) in [4.78, 5) is 19.3. The van der Waals surface area contributed by atoms with Crippen LogP contribution in [0, 0.1) is 11.6 Å². The number of nitrogens with one attached hydrogen (secondary N) is 1. The minimum atomic E-state index is -0.904. The van der Waals surface area contributed by atoms with Crippen LogP contribution in [0.25, 0.3) is 0 Å². The Morgan fingerprint density at radius 1 is 1.04 bits per heavy atom. The van der Waals surface area contributed by atoms with E-state index in [1.807, 2.05) is 0 Å². The van der Waals surface area contributed by atoms with Gasteiger partial charge in [-0.05, 0) is 29.8 Å². The second-order valence-electron chi connectivity index (χ2n) is 5.09. The average molecular weight is 357 g/mol. The van der Waals surface area contributed by atoms with Crippen LogP contribution in [0.2, 0.25) is 0 Å². The quantitative estimate of drug-likeness (QED) is 0.749. The molecule has 1 amide bonds. The summed E-state index contributed by atoms with van der Waals surface area (Å²) in [5.74, 6) is -1.29. The van der Waals surface area contributed by atoms with Gasteiger partial charge in [-0.1, -0.05) is 30.3 Å². The molecule has 0 atom stereocenters. The number of carbonyl (C=O) groups is 1. The number of nitrogens with zero attached hydrogens (tertiary/aromatic N) is 2. The van der Waals surface area contributed by atoms with Gasteiger partial charge in [0.05, 0.1) is 6.20 Å². The molecule has 3 aromatic rings. The molecule has 132 valence electrons. The van der Waals surface area contributed by atoms with Gasteiger partial charge in [-0.15, -0.1) is 0 Å². The first-order chi connectivity index (χ1) is 12.6. The SMILES string of the molecule is O=C(Nc1nc(OCc2ccc(F)cc2)ncc1F)Oc1ccccc1. The lowest BCUT2D eigenvalue weighted by Gasteiger charge is -2.09. The zero-order valence-electron chi connectivity index (χ0n) is 13.4. The standard InChI is InChI=1S/C18H13F2N3O3/c19-13-8-6-12(7-9-13)11-25-17-21-10-15(20)16(22-17)23-18(24)26-14-4-2-1-3-5-14/h1-10H,11H2,(H,21,22,23,24). The predicted octanol–water partition coefficient (Wildman–Crippen LogP) is 3.94. The van der Waals surface area contributed by atoms with Crippen LogP contribution in [0.3, 0.4) is 0 Å². The van der Waals surface area contributed by atoms with Gasteiger partial charge in [-0.25, -0.2) is 18.6 Å². The third-order valence-electron chi connectivity index (χ3n) is 3.18. The third kappa shape index (κ3) is 4.73. The van der Waals surface area contributed by atoms with Gasteiger partial charge in [0.25, 0.3) is 0 Å². The van der Waals surface area contributed by atoms with Crippen molar-refractivity contribution in [3.05, 3.63) is 78.0 Å². The second-order valence-corrected chi connectivity index (χ2v) is 5.09. The zero-order valence-corrected chi connectivity index (χ0v) is 13.4. The average Bonchev–Trinajstić information content (AvgIpc) is 2.64. The Hall–Kier alpha value is -3.55. The van der Waals surface area contributed by atoms with Gasteiger partial charge in [0.2, 0.25) is 0 Å². The molecule has 0 aliphatic rings. The van der Waals surface area contributed by atoms with Crippen molar-refractivity contribution in [1.29, 1.82) is 0 Å². The number of anilines is 1. The highest BCUT2D eigenvalue weighted by atomic mass is 19.1. The van der Waals surface area contributed by atoms with Crippen molar-refractivity contribution >= 4 is 11.9 Å². The van der Waals surface area contributed by atoms with E-state index >= 15 is 0 Å². The highest BCUT2D eigenvalue weighted by Gasteiger charge is 2.13. The van der Waals surface area contributed by atoms with E-state index in [2.05, 4.69) is 15.3 Å². The fourth-order valence-corrected chi connectivity index (χ4v) is 1.95. The number of ether oxygens (including phenoxy) is 2. The maximum atomic E-state index is 13.8. The summed E-state index contributed by atoms with van der Waals surface area (Å²) >= 11 is 0. The number of rotatable bonds is 5. The van der Waals surface area contributed by atoms with E-state index in [0.717, 1.165) is 6.20 Å². The van der Waals surface area contributed by atoms with Gasteiger partial charge in [0, 0.05) is 0 Å². The molecule has 26 heavy (non-hydrogen) atoms. The molecule has 0 aliphatic carbocycles. The molecule has 0 bridgehead atoms. The number of aromatic nitrogens is 2. The van der Waals surface area contributed by atoms with Crippen molar-refractivity contribution < 1.29 is 23.0 Å². The molecular formula is C18H13F2N3O3. The zero-order chi connectivity index (χ0) is 18.4. The van der Waals surface area contributed by atoms with Crippen LogP contribution in [-0.4, -0.2) is 16.1 Å². The molecule has 0 aliphatic heterocycles. The number of amides is 1. The smallest absolute Gasteiger partial charge is 0.418 e. The summed E-state index contributed by atoms with van der Waals surface area (Å²) in [6.45, 7) is 0.0554. The van der Waals surface area contributed by atoms with Crippen LogP contribution < -0.4 is 14.8 Å². The van der Waals surface area contributed by atoms with Gasteiger partial charge in [-0.2, -0.15) is 4.98 Å². The van der Waals surface area contributed by atoms with E-state index in [1.165, 1.54) is 24.3 Å². The Balaban J connectivity index is 1.63. The highest BCUT2D eigenvalue weighted by Crippen LogP contribution is 2.16. The first-order valence-corrected chi connectivity index (χ1v) is 7.54. The Morgan fingerprint density at radius 2 is 1.77 bits per heavy atom. The van der Waals surface area contributed by atoms with Gasteiger partial charge in [0.15, 0.2) is 11.6 Å². The number of hydrogen-bond donors (Lipinski definition) is 1. The van der Waals surface area contributed by atoms with Crippen LogP contribution in [0.1, 0.15) is 5.56 Å². The number of carbonyl (C=O) groups excluding carboxylic acids is 1. The molecule has 0 saturated carbocycles. The summed E-state index contributed by atoms with van der Waals surface area (Å²) < 4.78 is 37.0. The molecule has 0 unspecified atom stereocenters. The molecule has 1 aromatic heterocycles. The molecule has 1 heterocycles. The second kappa shape index (κ2) is 8.02. The minimum Gasteiger partial charge on any atom is -0.459 e. The van der Waals surface area contributed by atoms with Crippen LogP contribution in [-0.2, 0) is 6.61 Å². The summed E-state index contributed by atoms with van der Waals surface area (Å²) in [6, 6.07) is 13.8. The van der Waals surface area contributed by atoms with E-state index < -0.39 is 11.9 Å². The maximum absolute atomic E-state index is 13.8. The summed E-state index contributed by atoms with van der Waals surface area (Å²) in [5, 5.41) is 2.19.